The summed E-state index contributed by atoms with van der Waals surface area (Å²) in [7, 11) is 1.22. The summed E-state index contributed by atoms with van der Waals surface area (Å²) in [4.78, 5) is 22.3. The van der Waals surface area contributed by atoms with Crippen LogP contribution in [0.4, 0.5) is 5.82 Å². The SMILES string of the molecule is COC(=O)c1nnn(-c2ccc(C(N)=O)cc2)c1N. The molecule has 0 radical (unpaired) electrons. The lowest BCUT2D eigenvalue weighted by Crippen LogP contribution is -2.11. The number of rotatable bonds is 3. The fourth-order valence-electron chi connectivity index (χ4n) is 1.49. The smallest absolute Gasteiger partial charge is 0.362 e. The molecular formula is C11H11N5O3. The molecule has 1 amide bonds. The van der Waals surface area contributed by atoms with Crippen molar-refractivity contribution < 1.29 is 14.3 Å². The third-order valence-corrected chi connectivity index (χ3v) is 2.48. The van der Waals surface area contributed by atoms with E-state index in [0.29, 0.717) is 11.3 Å². The minimum atomic E-state index is -0.669. The van der Waals surface area contributed by atoms with Crippen LogP contribution in [0, 0.1) is 0 Å². The molecule has 0 unspecified atom stereocenters. The second-order valence-corrected chi connectivity index (χ2v) is 3.64. The van der Waals surface area contributed by atoms with Crippen LogP contribution in [0.3, 0.4) is 0 Å². The van der Waals surface area contributed by atoms with E-state index in [1.54, 1.807) is 12.1 Å². The van der Waals surface area contributed by atoms with Gasteiger partial charge < -0.3 is 16.2 Å². The Kier molecular flexibility index (Phi) is 3.15. The van der Waals surface area contributed by atoms with E-state index in [1.165, 1.54) is 23.9 Å². The minimum Gasteiger partial charge on any atom is -0.464 e. The highest BCUT2D eigenvalue weighted by molar-refractivity contribution is 5.93. The number of carbonyl (C=O) groups is 2. The van der Waals surface area contributed by atoms with Gasteiger partial charge in [-0.25, -0.2) is 4.79 Å². The number of methoxy groups -OCH3 is 1. The summed E-state index contributed by atoms with van der Waals surface area (Å²) in [5, 5.41) is 7.40. The number of benzene rings is 1. The Morgan fingerprint density at radius 2 is 1.89 bits per heavy atom. The molecule has 1 aromatic carbocycles. The molecule has 0 aliphatic carbocycles. The normalized spacial score (nSPS) is 10.2. The average Bonchev–Trinajstić information content (AvgIpc) is 2.80. The zero-order chi connectivity index (χ0) is 14.0. The summed E-state index contributed by atoms with van der Waals surface area (Å²) in [6, 6.07) is 6.23. The van der Waals surface area contributed by atoms with Gasteiger partial charge in [0, 0.05) is 5.56 Å². The maximum Gasteiger partial charge on any atom is 0.362 e. The van der Waals surface area contributed by atoms with E-state index in [9.17, 15) is 9.59 Å². The van der Waals surface area contributed by atoms with Gasteiger partial charge in [0.1, 0.15) is 0 Å². The number of primary amides is 1. The molecule has 98 valence electrons. The van der Waals surface area contributed by atoms with Gasteiger partial charge in [-0.1, -0.05) is 5.21 Å². The van der Waals surface area contributed by atoms with Crippen molar-refractivity contribution >= 4 is 17.7 Å². The third-order valence-electron chi connectivity index (χ3n) is 2.48. The molecule has 8 heteroatoms. The van der Waals surface area contributed by atoms with Crippen LogP contribution in [0.25, 0.3) is 5.69 Å². The first-order chi connectivity index (χ1) is 9.04. The van der Waals surface area contributed by atoms with Crippen LogP contribution >= 0.6 is 0 Å². The standard InChI is InChI=1S/C11H11N5O3/c1-19-11(18)8-9(12)16(15-14-8)7-4-2-6(3-5-7)10(13)17/h2-5H,12H2,1H3,(H2,13,17). The van der Waals surface area contributed by atoms with Crippen molar-refractivity contribution in [2.24, 2.45) is 5.73 Å². The Hall–Kier alpha value is -2.90. The topological polar surface area (TPSA) is 126 Å². The van der Waals surface area contributed by atoms with Crippen molar-refractivity contribution in [1.82, 2.24) is 15.0 Å². The van der Waals surface area contributed by atoms with E-state index in [1.807, 2.05) is 0 Å². The molecule has 1 heterocycles. The van der Waals surface area contributed by atoms with E-state index in [-0.39, 0.29) is 11.5 Å². The lowest BCUT2D eigenvalue weighted by atomic mass is 10.2. The first-order valence-electron chi connectivity index (χ1n) is 5.24. The van der Waals surface area contributed by atoms with Crippen LogP contribution in [-0.4, -0.2) is 34.0 Å². The highest BCUT2D eigenvalue weighted by Crippen LogP contribution is 2.16. The van der Waals surface area contributed by atoms with E-state index >= 15 is 0 Å². The van der Waals surface area contributed by atoms with Gasteiger partial charge >= 0.3 is 5.97 Å². The van der Waals surface area contributed by atoms with Crippen LogP contribution in [0.2, 0.25) is 0 Å². The maximum atomic E-state index is 11.3. The van der Waals surface area contributed by atoms with Crippen molar-refractivity contribution in [1.29, 1.82) is 0 Å². The van der Waals surface area contributed by atoms with Crippen LogP contribution in [0.5, 0.6) is 0 Å². The van der Waals surface area contributed by atoms with Crippen LogP contribution < -0.4 is 11.5 Å². The maximum absolute atomic E-state index is 11.3. The average molecular weight is 261 g/mol. The second-order valence-electron chi connectivity index (χ2n) is 3.64. The number of nitrogens with zero attached hydrogens (tertiary/aromatic N) is 3. The third kappa shape index (κ3) is 2.23. The fourth-order valence-corrected chi connectivity index (χ4v) is 1.49. The summed E-state index contributed by atoms with van der Waals surface area (Å²) in [5.74, 6) is -1.15. The summed E-state index contributed by atoms with van der Waals surface area (Å²) >= 11 is 0. The molecular weight excluding hydrogens is 250 g/mol. The number of anilines is 1. The van der Waals surface area contributed by atoms with Crippen LogP contribution in [0.15, 0.2) is 24.3 Å². The first kappa shape index (κ1) is 12.6. The molecule has 0 atom stereocenters. The Bertz CT molecular complexity index is 632. The van der Waals surface area contributed by atoms with Crippen molar-refractivity contribution in [2.45, 2.75) is 0 Å². The molecule has 0 aliphatic rings. The highest BCUT2D eigenvalue weighted by atomic mass is 16.5. The summed E-state index contributed by atoms with van der Waals surface area (Å²) in [6.07, 6.45) is 0. The minimum absolute atomic E-state index is 0.0543. The monoisotopic (exact) mass is 261 g/mol. The number of hydrogen-bond acceptors (Lipinski definition) is 6. The molecule has 0 fully saturated rings. The number of amides is 1. The fraction of sp³-hybridized carbons (Fsp3) is 0.0909. The van der Waals surface area contributed by atoms with Gasteiger partial charge in [0.2, 0.25) is 11.6 Å². The van der Waals surface area contributed by atoms with Gasteiger partial charge in [-0.2, -0.15) is 4.68 Å². The molecule has 2 aromatic rings. The summed E-state index contributed by atoms with van der Waals surface area (Å²) in [5.41, 5.74) is 11.7. The molecule has 0 aliphatic heterocycles. The van der Waals surface area contributed by atoms with Crippen molar-refractivity contribution in [3.63, 3.8) is 0 Å². The first-order valence-corrected chi connectivity index (χ1v) is 5.24. The molecule has 0 bridgehead atoms. The van der Waals surface area contributed by atoms with Gasteiger partial charge in [-0.05, 0) is 24.3 Å². The van der Waals surface area contributed by atoms with E-state index in [2.05, 4.69) is 15.0 Å². The molecule has 8 nitrogen and oxygen atoms in total. The lowest BCUT2D eigenvalue weighted by molar-refractivity contribution is 0.0595. The number of ether oxygens (including phenoxy) is 1. The van der Waals surface area contributed by atoms with E-state index in [0.717, 1.165) is 0 Å². The molecule has 1 aromatic heterocycles. The van der Waals surface area contributed by atoms with Crippen LogP contribution in [0.1, 0.15) is 20.8 Å². The zero-order valence-electron chi connectivity index (χ0n) is 10.0. The van der Waals surface area contributed by atoms with E-state index < -0.39 is 11.9 Å². The molecule has 4 N–H and O–H groups in total. The lowest BCUT2D eigenvalue weighted by Gasteiger charge is -2.03. The Labute approximate surface area is 107 Å². The van der Waals surface area contributed by atoms with Gasteiger partial charge in [0.05, 0.1) is 12.8 Å². The van der Waals surface area contributed by atoms with Crippen molar-refractivity contribution in [2.75, 3.05) is 12.8 Å². The number of carbonyl (C=O) groups excluding carboxylic acids is 2. The second kappa shape index (κ2) is 4.77. The Balaban J connectivity index is 2.40. The predicted molar refractivity (Wildman–Crippen MR) is 65.6 cm³/mol. The highest BCUT2D eigenvalue weighted by Gasteiger charge is 2.18. The van der Waals surface area contributed by atoms with Gasteiger partial charge in [0.25, 0.3) is 0 Å². The number of esters is 1. The summed E-state index contributed by atoms with van der Waals surface area (Å²) in [6.45, 7) is 0. The Morgan fingerprint density at radius 1 is 1.26 bits per heavy atom. The quantitative estimate of drug-likeness (QED) is 0.732. The van der Waals surface area contributed by atoms with E-state index in [4.69, 9.17) is 11.5 Å². The summed E-state index contributed by atoms with van der Waals surface area (Å²) < 4.78 is 5.78. The molecule has 0 saturated carbocycles. The zero-order valence-corrected chi connectivity index (χ0v) is 10.0. The molecule has 2 rings (SSSR count). The largest absolute Gasteiger partial charge is 0.464 e. The molecule has 0 spiro atoms. The number of aromatic nitrogens is 3. The number of nitrogens with two attached hydrogens (primary N) is 2. The van der Waals surface area contributed by atoms with Crippen LogP contribution in [-0.2, 0) is 4.74 Å². The number of hydrogen-bond donors (Lipinski definition) is 2. The predicted octanol–water partition coefficient (Wildman–Crippen LogP) is -0.265. The van der Waals surface area contributed by atoms with Gasteiger partial charge in [-0.3, -0.25) is 4.79 Å². The molecule has 19 heavy (non-hydrogen) atoms. The van der Waals surface area contributed by atoms with Crippen molar-refractivity contribution in [3.8, 4) is 5.69 Å². The Morgan fingerprint density at radius 3 is 2.42 bits per heavy atom. The van der Waals surface area contributed by atoms with Gasteiger partial charge in [-0.15, -0.1) is 5.10 Å². The van der Waals surface area contributed by atoms with Crippen molar-refractivity contribution in [3.05, 3.63) is 35.5 Å². The van der Waals surface area contributed by atoms with Gasteiger partial charge in [0.15, 0.2) is 5.82 Å². The number of nitrogen functional groups attached to an aromatic ring is 1. The molecule has 0 saturated heterocycles.